The molecule has 1 aromatic rings. The Balaban J connectivity index is 1.99. The minimum atomic E-state index is 0.516. The number of hydrogen-bond donors (Lipinski definition) is 2. The van der Waals surface area contributed by atoms with Gasteiger partial charge in [0.25, 0.3) is 0 Å². The second-order valence-corrected chi connectivity index (χ2v) is 6.65. The van der Waals surface area contributed by atoms with Gasteiger partial charge in [0.1, 0.15) is 5.82 Å². The summed E-state index contributed by atoms with van der Waals surface area (Å²) in [6, 6.07) is 4.59. The first-order chi connectivity index (χ1) is 9.02. The van der Waals surface area contributed by atoms with E-state index < -0.39 is 0 Å². The van der Waals surface area contributed by atoms with Crippen LogP contribution < -0.4 is 11.1 Å². The Morgan fingerprint density at radius 1 is 1.42 bits per heavy atom. The van der Waals surface area contributed by atoms with Crippen LogP contribution in [0.2, 0.25) is 0 Å². The van der Waals surface area contributed by atoms with Gasteiger partial charge in [0.05, 0.1) is 0 Å². The monoisotopic (exact) mass is 261 g/mol. The molecule has 106 valence electrons. The molecular formula is C16H27N3. The summed E-state index contributed by atoms with van der Waals surface area (Å²) in [5, 5.41) is 3.49. The number of pyridine rings is 1. The van der Waals surface area contributed by atoms with Crippen LogP contribution in [0.1, 0.15) is 45.1 Å². The third kappa shape index (κ3) is 3.69. The maximum Gasteiger partial charge on any atom is 0.126 e. The van der Waals surface area contributed by atoms with E-state index in [1.165, 1.54) is 31.2 Å². The zero-order chi connectivity index (χ0) is 13.9. The SMILES string of the molecule is CNC(Cc1cccnc1N)C1CCC(C)(C)CC1. The summed E-state index contributed by atoms with van der Waals surface area (Å²) in [7, 11) is 2.07. The Labute approximate surface area is 117 Å². The van der Waals surface area contributed by atoms with Gasteiger partial charge in [-0.05, 0) is 62.1 Å². The van der Waals surface area contributed by atoms with Gasteiger partial charge in [-0.1, -0.05) is 19.9 Å². The molecule has 0 spiro atoms. The van der Waals surface area contributed by atoms with E-state index in [1.807, 2.05) is 6.07 Å². The van der Waals surface area contributed by atoms with Gasteiger partial charge in [0.2, 0.25) is 0 Å². The van der Waals surface area contributed by atoms with Crippen molar-refractivity contribution >= 4 is 5.82 Å². The summed E-state index contributed by atoms with van der Waals surface area (Å²) in [6.45, 7) is 4.77. The Bertz CT molecular complexity index is 404. The number of likely N-dealkylation sites (N-methyl/N-ethyl adjacent to an activating group) is 1. The summed E-state index contributed by atoms with van der Waals surface area (Å²) in [6.07, 6.45) is 8.05. The van der Waals surface area contributed by atoms with Crippen LogP contribution in [0.3, 0.4) is 0 Å². The first-order valence-corrected chi connectivity index (χ1v) is 7.38. The van der Waals surface area contributed by atoms with Crippen molar-refractivity contribution in [2.75, 3.05) is 12.8 Å². The fourth-order valence-electron chi connectivity index (χ4n) is 3.19. The predicted octanol–water partition coefficient (Wildman–Crippen LogP) is 3.01. The largest absolute Gasteiger partial charge is 0.383 e. The molecule has 0 radical (unpaired) electrons. The van der Waals surface area contributed by atoms with Gasteiger partial charge in [-0.2, -0.15) is 0 Å². The molecule has 3 N–H and O–H groups in total. The number of nitrogens with zero attached hydrogens (tertiary/aromatic N) is 1. The van der Waals surface area contributed by atoms with Gasteiger partial charge in [-0.3, -0.25) is 0 Å². The molecule has 3 nitrogen and oxygen atoms in total. The van der Waals surface area contributed by atoms with Crippen LogP contribution in [0.25, 0.3) is 0 Å². The van der Waals surface area contributed by atoms with Crippen molar-refractivity contribution in [2.45, 2.75) is 52.0 Å². The zero-order valence-corrected chi connectivity index (χ0v) is 12.4. The van der Waals surface area contributed by atoms with E-state index in [0.29, 0.717) is 17.3 Å². The minimum Gasteiger partial charge on any atom is -0.383 e. The molecule has 0 aromatic carbocycles. The molecule has 1 unspecified atom stereocenters. The Morgan fingerprint density at radius 2 is 2.11 bits per heavy atom. The lowest BCUT2D eigenvalue weighted by molar-refractivity contribution is 0.163. The lowest BCUT2D eigenvalue weighted by Crippen LogP contribution is -2.39. The molecule has 1 fully saturated rings. The topological polar surface area (TPSA) is 50.9 Å². The highest BCUT2D eigenvalue weighted by Crippen LogP contribution is 2.39. The van der Waals surface area contributed by atoms with Crippen LogP contribution in [0.4, 0.5) is 5.82 Å². The van der Waals surface area contributed by atoms with Crippen LogP contribution in [-0.2, 0) is 6.42 Å². The van der Waals surface area contributed by atoms with Gasteiger partial charge < -0.3 is 11.1 Å². The van der Waals surface area contributed by atoms with E-state index in [-0.39, 0.29) is 0 Å². The van der Waals surface area contributed by atoms with E-state index in [2.05, 4.69) is 37.3 Å². The molecule has 3 heteroatoms. The predicted molar refractivity (Wildman–Crippen MR) is 80.9 cm³/mol. The average Bonchev–Trinajstić information content (AvgIpc) is 2.38. The van der Waals surface area contributed by atoms with Crippen LogP contribution in [0, 0.1) is 11.3 Å². The van der Waals surface area contributed by atoms with Crippen LogP contribution >= 0.6 is 0 Å². The highest BCUT2D eigenvalue weighted by Gasteiger charge is 2.30. The number of nitrogen functional groups attached to an aromatic ring is 1. The van der Waals surface area contributed by atoms with Gasteiger partial charge in [-0.15, -0.1) is 0 Å². The molecule has 1 saturated carbocycles. The van der Waals surface area contributed by atoms with Crippen molar-refractivity contribution in [2.24, 2.45) is 11.3 Å². The van der Waals surface area contributed by atoms with Crippen LogP contribution in [0.15, 0.2) is 18.3 Å². The number of hydrogen-bond acceptors (Lipinski definition) is 3. The number of aromatic nitrogens is 1. The van der Waals surface area contributed by atoms with E-state index in [9.17, 15) is 0 Å². The molecule has 0 amide bonds. The fourth-order valence-corrected chi connectivity index (χ4v) is 3.19. The summed E-state index contributed by atoms with van der Waals surface area (Å²) in [5.41, 5.74) is 7.66. The maximum absolute atomic E-state index is 5.96. The Hall–Kier alpha value is -1.09. The molecular weight excluding hydrogens is 234 g/mol. The van der Waals surface area contributed by atoms with Crippen molar-refractivity contribution in [3.8, 4) is 0 Å². The van der Waals surface area contributed by atoms with Crippen LogP contribution in [-0.4, -0.2) is 18.1 Å². The second-order valence-electron chi connectivity index (χ2n) is 6.65. The first kappa shape index (κ1) is 14.3. The molecule has 19 heavy (non-hydrogen) atoms. The van der Waals surface area contributed by atoms with Crippen molar-refractivity contribution in [3.63, 3.8) is 0 Å². The van der Waals surface area contributed by atoms with Crippen molar-refractivity contribution in [1.29, 1.82) is 0 Å². The second kappa shape index (κ2) is 5.91. The third-order valence-corrected chi connectivity index (χ3v) is 4.69. The summed E-state index contributed by atoms with van der Waals surface area (Å²) < 4.78 is 0. The average molecular weight is 261 g/mol. The zero-order valence-electron chi connectivity index (χ0n) is 12.4. The molecule has 1 aliphatic carbocycles. The molecule has 0 aliphatic heterocycles. The maximum atomic E-state index is 5.96. The van der Waals surface area contributed by atoms with Crippen molar-refractivity contribution < 1.29 is 0 Å². The number of anilines is 1. The summed E-state index contributed by atoms with van der Waals surface area (Å²) in [4.78, 5) is 4.18. The number of nitrogens with two attached hydrogens (primary N) is 1. The first-order valence-electron chi connectivity index (χ1n) is 7.38. The van der Waals surface area contributed by atoms with E-state index >= 15 is 0 Å². The normalized spacial score (nSPS) is 21.2. The molecule has 2 rings (SSSR count). The standard InChI is InChI=1S/C16H27N3/c1-16(2)8-6-12(7-9-16)14(18-3)11-13-5-4-10-19-15(13)17/h4-5,10,12,14,18H,6-9,11H2,1-3H3,(H2,17,19). The van der Waals surface area contributed by atoms with Gasteiger partial charge in [-0.25, -0.2) is 4.98 Å². The number of rotatable bonds is 4. The lowest BCUT2D eigenvalue weighted by Gasteiger charge is -2.38. The van der Waals surface area contributed by atoms with Crippen LogP contribution in [0.5, 0.6) is 0 Å². The molecule has 0 saturated heterocycles. The Kier molecular flexibility index (Phi) is 4.46. The Morgan fingerprint density at radius 3 is 2.68 bits per heavy atom. The van der Waals surface area contributed by atoms with Gasteiger partial charge >= 0.3 is 0 Å². The minimum absolute atomic E-state index is 0.516. The fraction of sp³-hybridized carbons (Fsp3) is 0.688. The molecule has 1 aliphatic rings. The number of nitrogens with one attached hydrogen (secondary N) is 1. The third-order valence-electron chi connectivity index (χ3n) is 4.69. The van der Waals surface area contributed by atoms with Crippen molar-refractivity contribution in [1.82, 2.24) is 10.3 Å². The smallest absolute Gasteiger partial charge is 0.126 e. The lowest BCUT2D eigenvalue weighted by atomic mass is 9.70. The molecule has 1 heterocycles. The quantitative estimate of drug-likeness (QED) is 0.876. The van der Waals surface area contributed by atoms with Crippen molar-refractivity contribution in [3.05, 3.63) is 23.9 Å². The van der Waals surface area contributed by atoms with Gasteiger partial charge in [0, 0.05) is 12.2 Å². The van der Waals surface area contributed by atoms with E-state index in [1.54, 1.807) is 6.20 Å². The van der Waals surface area contributed by atoms with Gasteiger partial charge in [0.15, 0.2) is 0 Å². The molecule has 1 atom stereocenters. The van der Waals surface area contributed by atoms with E-state index in [4.69, 9.17) is 5.73 Å². The highest BCUT2D eigenvalue weighted by molar-refractivity contribution is 5.39. The van der Waals surface area contributed by atoms with E-state index in [0.717, 1.165) is 12.3 Å². The molecule has 1 aromatic heterocycles. The highest BCUT2D eigenvalue weighted by atomic mass is 14.9. The summed E-state index contributed by atoms with van der Waals surface area (Å²) in [5.74, 6) is 1.44. The molecule has 0 bridgehead atoms. The summed E-state index contributed by atoms with van der Waals surface area (Å²) >= 11 is 0.